The molecule has 0 bridgehead atoms. The summed E-state index contributed by atoms with van der Waals surface area (Å²) in [5.74, 6) is -0.901. The zero-order chi connectivity index (χ0) is 16.3. The lowest BCUT2D eigenvalue weighted by Crippen LogP contribution is -2.18. The lowest BCUT2D eigenvalue weighted by Gasteiger charge is -2.21. The van der Waals surface area contributed by atoms with Gasteiger partial charge in [-0.2, -0.15) is 0 Å². The van der Waals surface area contributed by atoms with Crippen molar-refractivity contribution in [2.45, 2.75) is 33.6 Å². The van der Waals surface area contributed by atoms with Crippen LogP contribution >= 0.6 is 23.4 Å². The SMILES string of the molecule is CCCCN1C(=CC(=O)c2cc(Cl)ccc2F)SC(C)=C1C. The summed E-state index contributed by atoms with van der Waals surface area (Å²) in [6, 6.07) is 4.04. The number of nitrogens with zero attached hydrogens (tertiary/aromatic N) is 1. The molecule has 1 heterocycles. The Hall–Kier alpha value is -1.26. The van der Waals surface area contributed by atoms with E-state index in [-0.39, 0.29) is 11.3 Å². The Morgan fingerprint density at radius 2 is 2.14 bits per heavy atom. The second kappa shape index (κ2) is 7.34. The fourth-order valence-corrected chi connectivity index (χ4v) is 3.47. The topological polar surface area (TPSA) is 20.3 Å². The second-order valence-corrected chi connectivity index (χ2v) is 6.89. The van der Waals surface area contributed by atoms with Crippen LogP contribution in [0.3, 0.4) is 0 Å². The van der Waals surface area contributed by atoms with Gasteiger partial charge >= 0.3 is 0 Å². The maximum atomic E-state index is 13.8. The van der Waals surface area contributed by atoms with Gasteiger partial charge in [-0.3, -0.25) is 4.79 Å². The molecule has 22 heavy (non-hydrogen) atoms. The summed E-state index contributed by atoms with van der Waals surface area (Å²) >= 11 is 7.41. The smallest absolute Gasteiger partial charge is 0.191 e. The molecule has 0 N–H and O–H groups in total. The third-order valence-electron chi connectivity index (χ3n) is 3.62. The lowest BCUT2D eigenvalue weighted by molar-refractivity contribution is 0.104. The normalized spacial score (nSPS) is 16.8. The number of carbonyl (C=O) groups is 1. The van der Waals surface area contributed by atoms with Gasteiger partial charge in [-0.05, 0) is 38.5 Å². The lowest BCUT2D eigenvalue weighted by atomic mass is 10.1. The molecular weight excluding hydrogens is 321 g/mol. The van der Waals surface area contributed by atoms with Crippen molar-refractivity contribution < 1.29 is 9.18 Å². The van der Waals surface area contributed by atoms with Crippen LogP contribution in [0.1, 0.15) is 44.0 Å². The molecule has 1 aromatic rings. The van der Waals surface area contributed by atoms with Gasteiger partial charge in [0.1, 0.15) is 5.82 Å². The number of hydrogen-bond acceptors (Lipinski definition) is 3. The quantitative estimate of drug-likeness (QED) is 0.514. The third kappa shape index (κ3) is 3.73. The Bertz CT molecular complexity index is 654. The summed E-state index contributed by atoms with van der Waals surface area (Å²) in [7, 11) is 0. The fourth-order valence-electron chi connectivity index (χ4n) is 2.22. The van der Waals surface area contributed by atoms with E-state index in [0.29, 0.717) is 5.02 Å². The van der Waals surface area contributed by atoms with Crippen LogP contribution in [0.5, 0.6) is 0 Å². The molecule has 2 nitrogen and oxygen atoms in total. The Balaban J connectivity index is 2.27. The van der Waals surface area contributed by atoms with Gasteiger partial charge in [0.25, 0.3) is 0 Å². The highest BCUT2D eigenvalue weighted by Crippen LogP contribution is 2.40. The highest BCUT2D eigenvalue weighted by molar-refractivity contribution is 8.06. The maximum Gasteiger partial charge on any atom is 0.191 e. The number of allylic oxidation sites excluding steroid dienone is 3. The molecule has 5 heteroatoms. The molecule has 0 fully saturated rings. The predicted octanol–water partition coefficient (Wildman–Crippen LogP) is 5.60. The van der Waals surface area contributed by atoms with Gasteiger partial charge in [-0.25, -0.2) is 4.39 Å². The minimum Gasteiger partial charge on any atom is -0.339 e. The number of halogens is 2. The maximum absolute atomic E-state index is 13.8. The van der Waals surface area contributed by atoms with Crippen molar-refractivity contribution in [2.75, 3.05) is 6.54 Å². The Labute approximate surface area is 140 Å². The zero-order valence-corrected chi connectivity index (χ0v) is 14.5. The molecule has 0 aromatic heterocycles. The summed E-state index contributed by atoms with van der Waals surface area (Å²) in [6.45, 7) is 7.07. The van der Waals surface area contributed by atoms with Crippen LogP contribution in [0.4, 0.5) is 4.39 Å². The van der Waals surface area contributed by atoms with Gasteiger partial charge in [-0.1, -0.05) is 36.7 Å². The molecule has 0 atom stereocenters. The van der Waals surface area contributed by atoms with E-state index in [1.165, 1.54) is 29.2 Å². The largest absolute Gasteiger partial charge is 0.339 e. The first-order valence-corrected chi connectivity index (χ1v) is 8.47. The predicted molar refractivity (Wildman–Crippen MR) is 91.4 cm³/mol. The zero-order valence-electron chi connectivity index (χ0n) is 13.0. The van der Waals surface area contributed by atoms with Crippen molar-refractivity contribution in [2.24, 2.45) is 0 Å². The standard InChI is InChI=1S/C17H19ClFNOS/c1-4-5-8-20-11(2)12(3)22-17(20)10-16(21)14-9-13(18)6-7-15(14)19/h6-7,9-10H,4-5,8H2,1-3H3. The summed E-state index contributed by atoms with van der Waals surface area (Å²) in [6.07, 6.45) is 3.63. The average molecular weight is 340 g/mol. The number of carbonyl (C=O) groups excluding carboxylic acids is 1. The summed E-state index contributed by atoms with van der Waals surface area (Å²) in [4.78, 5) is 15.7. The van der Waals surface area contributed by atoms with Crippen molar-refractivity contribution in [1.29, 1.82) is 0 Å². The van der Waals surface area contributed by atoms with Gasteiger partial charge < -0.3 is 4.90 Å². The van der Waals surface area contributed by atoms with E-state index in [0.717, 1.165) is 30.1 Å². The van der Waals surface area contributed by atoms with Crippen LogP contribution < -0.4 is 0 Å². The van der Waals surface area contributed by atoms with Crippen molar-refractivity contribution >= 4 is 29.1 Å². The summed E-state index contributed by atoms with van der Waals surface area (Å²) < 4.78 is 13.8. The molecule has 0 saturated heterocycles. The van der Waals surface area contributed by atoms with E-state index in [4.69, 9.17) is 11.6 Å². The van der Waals surface area contributed by atoms with Crippen molar-refractivity contribution in [1.82, 2.24) is 4.90 Å². The molecule has 2 rings (SSSR count). The molecule has 0 saturated carbocycles. The molecule has 0 aliphatic carbocycles. The fraction of sp³-hybridized carbons (Fsp3) is 0.353. The van der Waals surface area contributed by atoms with Crippen LogP contribution in [0.2, 0.25) is 5.02 Å². The van der Waals surface area contributed by atoms with Gasteiger partial charge in [-0.15, -0.1) is 0 Å². The Morgan fingerprint density at radius 1 is 1.41 bits per heavy atom. The number of benzene rings is 1. The average Bonchev–Trinajstić information content (AvgIpc) is 2.74. The van der Waals surface area contributed by atoms with Crippen LogP contribution in [0, 0.1) is 5.82 Å². The van der Waals surface area contributed by atoms with E-state index < -0.39 is 5.82 Å². The van der Waals surface area contributed by atoms with E-state index in [1.54, 1.807) is 11.8 Å². The van der Waals surface area contributed by atoms with Gasteiger partial charge in [0.05, 0.1) is 10.6 Å². The first kappa shape index (κ1) is 17.1. The first-order chi connectivity index (χ1) is 10.4. The Kier molecular flexibility index (Phi) is 5.70. The monoisotopic (exact) mass is 339 g/mol. The van der Waals surface area contributed by atoms with E-state index >= 15 is 0 Å². The molecule has 0 radical (unpaired) electrons. The molecule has 0 unspecified atom stereocenters. The molecule has 0 amide bonds. The minimum absolute atomic E-state index is 0.0123. The number of thioether (sulfide) groups is 1. The minimum atomic E-state index is -0.546. The summed E-state index contributed by atoms with van der Waals surface area (Å²) in [5.41, 5.74) is 1.17. The highest BCUT2D eigenvalue weighted by Gasteiger charge is 2.23. The summed E-state index contributed by atoms with van der Waals surface area (Å²) in [5, 5.41) is 1.21. The van der Waals surface area contributed by atoms with E-state index in [9.17, 15) is 9.18 Å². The van der Waals surface area contributed by atoms with Crippen LogP contribution in [0.15, 0.2) is 39.9 Å². The highest BCUT2D eigenvalue weighted by atomic mass is 35.5. The molecule has 118 valence electrons. The molecule has 1 aromatic carbocycles. The second-order valence-electron chi connectivity index (χ2n) is 5.22. The Morgan fingerprint density at radius 3 is 2.82 bits per heavy atom. The number of unbranched alkanes of at least 4 members (excludes halogenated alkanes) is 1. The van der Waals surface area contributed by atoms with Gasteiger partial charge in [0.15, 0.2) is 5.78 Å². The van der Waals surface area contributed by atoms with Gasteiger partial charge in [0, 0.05) is 28.2 Å². The number of ketones is 1. The molecule has 1 aliphatic heterocycles. The van der Waals surface area contributed by atoms with Crippen LogP contribution in [0.25, 0.3) is 0 Å². The van der Waals surface area contributed by atoms with Crippen LogP contribution in [-0.4, -0.2) is 17.2 Å². The molecular formula is C17H19ClFNOS. The van der Waals surface area contributed by atoms with Crippen molar-refractivity contribution in [3.63, 3.8) is 0 Å². The molecule has 1 aliphatic rings. The van der Waals surface area contributed by atoms with Gasteiger partial charge in [0.2, 0.25) is 0 Å². The van der Waals surface area contributed by atoms with E-state index in [2.05, 4.69) is 11.8 Å². The van der Waals surface area contributed by atoms with Crippen molar-refractivity contribution in [3.05, 3.63) is 56.3 Å². The third-order valence-corrected chi connectivity index (χ3v) is 5.01. The molecule has 0 spiro atoms. The first-order valence-electron chi connectivity index (χ1n) is 7.28. The number of hydrogen-bond donors (Lipinski definition) is 0. The van der Waals surface area contributed by atoms with E-state index in [1.807, 2.05) is 13.8 Å². The number of rotatable bonds is 5. The van der Waals surface area contributed by atoms with Crippen LogP contribution in [-0.2, 0) is 0 Å². The van der Waals surface area contributed by atoms with Crippen molar-refractivity contribution in [3.8, 4) is 0 Å².